The third-order valence-corrected chi connectivity index (χ3v) is 4.16. The number of hydrogen-bond acceptors (Lipinski definition) is 3. The molecule has 1 aromatic carbocycles. The van der Waals surface area contributed by atoms with Crippen LogP contribution in [0.1, 0.15) is 24.4 Å². The fourth-order valence-electron chi connectivity index (χ4n) is 2.97. The second-order valence-electron chi connectivity index (χ2n) is 5.64. The van der Waals surface area contributed by atoms with Crippen LogP contribution in [0.5, 0.6) is 0 Å². The van der Waals surface area contributed by atoms with Crippen LogP contribution in [-0.4, -0.2) is 36.4 Å². The van der Waals surface area contributed by atoms with Crippen molar-refractivity contribution in [2.75, 3.05) is 13.1 Å². The Labute approximate surface area is 130 Å². The summed E-state index contributed by atoms with van der Waals surface area (Å²) < 4.78 is 54.7. The van der Waals surface area contributed by atoms with Gasteiger partial charge in [-0.15, -0.1) is 0 Å². The van der Waals surface area contributed by atoms with Gasteiger partial charge in [0.1, 0.15) is 12.0 Å². The monoisotopic (exact) mass is 329 g/mol. The number of carbonyl (C=O) groups excluding carboxylic acids is 1. The second-order valence-corrected chi connectivity index (χ2v) is 5.64. The van der Waals surface area contributed by atoms with E-state index in [-0.39, 0.29) is 18.5 Å². The van der Waals surface area contributed by atoms with Crippen LogP contribution in [-0.2, 0) is 4.79 Å². The smallest absolute Gasteiger partial charge is 0.249 e. The Hall–Kier alpha value is -1.96. The second kappa shape index (κ2) is 6.27. The highest BCUT2D eigenvalue weighted by molar-refractivity contribution is 5.82. The summed E-state index contributed by atoms with van der Waals surface area (Å²) in [6.45, 7) is 0.545. The Bertz CT molecular complexity index is 652. The minimum atomic E-state index is -1.37. The highest BCUT2D eigenvalue weighted by Crippen LogP contribution is 2.34. The molecule has 124 valence electrons. The molecule has 1 unspecified atom stereocenters. The predicted molar refractivity (Wildman–Crippen MR) is 74.9 cm³/mol. The number of halogens is 4. The van der Waals surface area contributed by atoms with E-state index in [4.69, 9.17) is 0 Å². The van der Waals surface area contributed by atoms with Crippen LogP contribution in [0.2, 0.25) is 0 Å². The van der Waals surface area contributed by atoms with Crippen LogP contribution in [0.3, 0.4) is 0 Å². The van der Waals surface area contributed by atoms with Gasteiger partial charge >= 0.3 is 0 Å². The van der Waals surface area contributed by atoms with E-state index in [1.54, 1.807) is 0 Å². The van der Waals surface area contributed by atoms with E-state index in [9.17, 15) is 22.4 Å². The van der Waals surface area contributed by atoms with Gasteiger partial charge in [0.2, 0.25) is 5.91 Å². The zero-order valence-corrected chi connectivity index (χ0v) is 12.1. The molecule has 2 aliphatic rings. The van der Waals surface area contributed by atoms with Crippen molar-refractivity contribution >= 4 is 12.1 Å². The summed E-state index contributed by atoms with van der Waals surface area (Å²) >= 11 is 0. The highest BCUT2D eigenvalue weighted by Gasteiger charge is 2.39. The van der Waals surface area contributed by atoms with Gasteiger partial charge in [-0.25, -0.2) is 22.6 Å². The number of alkyl halides is 1. The first-order chi connectivity index (χ1) is 11.0. The average molecular weight is 329 g/mol. The molecule has 8 heteroatoms. The lowest BCUT2D eigenvalue weighted by Gasteiger charge is -2.31. The molecule has 0 radical (unpaired) electrons. The average Bonchev–Trinajstić information content (AvgIpc) is 3.00. The summed E-state index contributed by atoms with van der Waals surface area (Å²) in [4.78, 5) is 12.5. The molecule has 2 heterocycles. The van der Waals surface area contributed by atoms with Gasteiger partial charge in [0.25, 0.3) is 0 Å². The van der Waals surface area contributed by atoms with E-state index in [1.165, 1.54) is 6.21 Å². The van der Waals surface area contributed by atoms with E-state index >= 15 is 0 Å². The van der Waals surface area contributed by atoms with Crippen LogP contribution < -0.4 is 5.32 Å². The van der Waals surface area contributed by atoms with Crippen molar-refractivity contribution in [1.29, 1.82) is 0 Å². The molecular weight excluding hydrogens is 314 g/mol. The summed E-state index contributed by atoms with van der Waals surface area (Å²) in [6, 6.07) is 0.313. The zero-order valence-electron chi connectivity index (χ0n) is 12.1. The normalized spacial score (nSPS) is 27.5. The van der Waals surface area contributed by atoms with Crippen molar-refractivity contribution in [3.63, 3.8) is 0 Å². The first kappa shape index (κ1) is 15.9. The number of rotatable bonds is 2. The quantitative estimate of drug-likeness (QED) is 0.668. The number of hydrazone groups is 1. The molecule has 0 saturated carbocycles. The maximum Gasteiger partial charge on any atom is 0.249 e. The van der Waals surface area contributed by atoms with Gasteiger partial charge in [-0.2, -0.15) is 5.10 Å². The van der Waals surface area contributed by atoms with Gasteiger partial charge < -0.3 is 5.32 Å². The lowest BCUT2D eigenvalue weighted by molar-refractivity contribution is -0.140. The van der Waals surface area contributed by atoms with Crippen molar-refractivity contribution in [3.05, 3.63) is 35.1 Å². The predicted octanol–water partition coefficient (Wildman–Crippen LogP) is 2.31. The first-order valence-electron chi connectivity index (χ1n) is 7.33. The Balaban J connectivity index is 1.88. The molecule has 0 bridgehead atoms. The molecule has 0 aliphatic carbocycles. The van der Waals surface area contributed by atoms with Gasteiger partial charge in [0.15, 0.2) is 11.6 Å². The van der Waals surface area contributed by atoms with Crippen LogP contribution >= 0.6 is 0 Å². The molecule has 2 aliphatic heterocycles. The van der Waals surface area contributed by atoms with Gasteiger partial charge in [-0.3, -0.25) is 4.79 Å². The molecule has 0 spiro atoms. The Morgan fingerprint density at radius 3 is 2.83 bits per heavy atom. The highest BCUT2D eigenvalue weighted by atomic mass is 19.2. The van der Waals surface area contributed by atoms with Crippen molar-refractivity contribution in [1.82, 2.24) is 10.3 Å². The summed E-state index contributed by atoms with van der Waals surface area (Å²) in [5.74, 6) is -4.98. The summed E-state index contributed by atoms with van der Waals surface area (Å²) in [5, 5.41) is 7.64. The van der Waals surface area contributed by atoms with Crippen LogP contribution in [0.15, 0.2) is 17.2 Å². The molecule has 23 heavy (non-hydrogen) atoms. The molecular formula is C15H15F4N3O. The Morgan fingerprint density at radius 1 is 1.30 bits per heavy atom. The molecule has 0 aromatic heterocycles. The SMILES string of the molecule is O=C([C@@H]1CCNC[C@H]1F)N1N=CCC1c1cc(F)cc(F)c1F. The van der Waals surface area contributed by atoms with Gasteiger partial charge in [0, 0.05) is 30.8 Å². The number of piperidine rings is 1. The van der Waals surface area contributed by atoms with Crippen molar-refractivity contribution in [2.24, 2.45) is 11.0 Å². The molecule has 1 aromatic rings. The standard InChI is InChI=1S/C15H15F4N3O/c16-8-5-10(14(19)11(17)6-8)13-2-4-21-22(13)15(23)9-1-3-20-7-12(9)18/h4-6,9,12-13,20H,1-3,7H2/t9-,12-,13?/m1/s1. The molecule has 3 rings (SSSR count). The third-order valence-electron chi connectivity index (χ3n) is 4.16. The topological polar surface area (TPSA) is 44.7 Å². The summed E-state index contributed by atoms with van der Waals surface area (Å²) in [6.07, 6.45) is 0.396. The molecule has 1 amide bonds. The zero-order chi connectivity index (χ0) is 16.6. The molecule has 1 fully saturated rings. The number of hydrogen-bond donors (Lipinski definition) is 1. The van der Waals surface area contributed by atoms with Crippen LogP contribution in [0.25, 0.3) is 0 Å². The fourth-order valence-corrected chi connectivity index (χ4v) is 2.97. The number of nitrogens with zero attached hydrogens (tertiary/aromatic N) is 2. The fraction of sp³-hybridized carbons (Fsp3) is 0.467. The van der Waals surface area contributed by atoms with Gasteiger partial charge in [0.05, 0.1) is 12.0 Å². The van der Waals surface area contributed by atoms with E-state index in [2.05, 4.69) is 10.4 Å². The number of carbonyl (C=O) groups is 1. The number of nitrogens with one attached hydrogen (secondary N) is 1. The van der Waals surface area contributed by atoms with E-state index in [1.807, 2.05) is 0 Å². The van der Waals surface area contributed by atoms with Crippen molar-refractivity contribution in [3.8, 4) is 0 Å². The summed E-state index contributed by atoms with van der Waals surface area (Å²) in [5.41, 5.74) is -0.294. The van der Waals surface area contributed by atoms with Crippen molar-refractivity contribution < 1.29 is 22.4 Å². The minimum absolute atomic E-state index is 0.0571. The summed E-state index contributed by atoms with van der Waals surface area (Å²) in [7, 11) is 0. The van der Waals surface area contributed by atoms with E-state index in [0.29, 0.717) is 19.0 Å². The van der Waals surface area contributed by atoms with Gasteiger partial charge in [-0.05, 0) is 19.0 Å². The minimum Gasteiger partial charge on any atom is -0.314 e. The van der Waals surface area contributed by atoms with Crippen LogP contribution in [0, 0.1) is 23.4 Å². The first-order valence-corrected chi connectivity index (χ1v) is 7.33. The van der Waals surface area contributed by atoms with E-state index < -0.39 is 41.5 Å². The number of amides is 1. The van der Waals surface area contributed by atoms with Gasteiger partial charge in [-0.1, -0.05) is 0 Å². The van der Waals surface area contributed by atoms with Crippen LogP contribution in [0.4, 0.5) is 17.6 Å². The lowest BCUT2D eigenvalue weighted by Crippen LogP contribution is -2.46. The number of benzene rings is 1. The Kier molecular flexibility index (Phi) is 4.34. The maximum absolute atomic E-state index is 14.0. The molecule has 1 saturated heterocycles. The lowest BCUT2D eigenvalue weighted by atomic mass is 9.93. The largest absolute Gasteiger partial charge is 0.314 e. The molecule has 3 atom stereocenters. The Morgan fingerprint density at radius 2 is 2.09 bits per heavy atom. The third kappa shape index (κ3) is 2.95. The molecule has 1 N–H and O–H groups in total. The molecule has 4 nitrogen and oxygen atoms in total. The van der Waals surface area contributed by atoms with E-state index in [0.717, 1.165) is 11.1 Å². The van der Waals surface area contributed by atoms with Crippen molar-refractivity contribution in [2.45, 2.75) is 25.1 Å². The maximum atomic E-state index is 14.0.